The van der Waals surface area contributed by atoms with Gasteiger partial charge < -0.3 is 19.3 Å². The molecule has 0 unspecified atom stereocenters. The van der Waals surface area contributed by atoms with Crippen molar-refractivity contribution in [2.24, 2.45) is 0 Å². The van der Waals surface area contributed by atoms with Crippen molar-refractivity contribution in [1.82, 2.24) is 14.7 Å². The van der Waals surface area contributed by atoms with Gasteiger partial charge in [-0.25, -0.2) is 0 Å². The highest BCUT2D eigenvalue weighted by Gasteiger charge is 2.24. The summed E-state index contributed by atoms with van der Waals surface area (Å²) in [6.45, 7) is 10.1. The first kappa shape index (κ1) is 29.8. The zero-order valence-corrected chi connectivity index (χ0v) is 24.5. The summed E-state index contributed by atoms with van der Waals surface area (Å²) in [7, 11) is 0. The highest BCUT2D eigenvalue weighted by atomic mass is 32.1. The van der Waals surface area contributed by atoms with Gasteiger partial charge in [-0.05, 0) is 55.3 Å². The van der Waals surface area contributed by atoms with Gasteiger partial charge in [-0.2, -0.15) is 0 Å². The van der Waals surface area contributed by atoms with Gasteiger partial charge in [0.25, 0.3) is 5.91 Å². The molecule has 2 amide bonds. The second kappa shape index (κ2) is 15.6. The highest BCUT2D eigenvalue weighted by molar-refractivity contribution is 7.11. The maximum Gasteiger partial charge on any atom is 0.254 e. The molecule has 0 radical (unpaired) electrons. The molecule has 1 aliphatic heterocycles. The minimum Gasteiger partial charge on any atom is -0.494 e. The molecule has 0 saturated carbocycles. The molecule has 0 bridgehead atoms. The summed E-state index contributed by atoms with van der Waals surface area (Å²) in [5.41, 5.74) is 1.62. The van der Waals surface area contributed by atoms with Crippen molar-refractivity contribution in [3.05, 3.63) is 87.6 Å². The highest BCUT2D eigenvalue weighted by Crippen LogP contribution is 2.20. The number of morpholine rings is 1. The molecule has 8 heteroatoms. The summed E-state index contributed by atoms with van der Waals surface area (Å²) in [6, 6.07) is 21.5. The zero-order chi connectivity index (χ0) is 28.2. The Balaban J connectivity index is 1.50. The van der Waals surface area contributed by atoms with E-state index in [0.29, 0.717) is 51.6 Å². The minimum atomic E-state index is -0.145. The molecule has 1 saturated heterocycles. The molecular weight excluding hydrogens is 522 g/mol. The second-order valence-corrected chi connectivity index (χ2v) is 11.5. The quantitative estimate of drug-likeness (QED) is 0.251. The third-order valence-corrected chi connectivity index (χ3v) is 7.97. The lowest BCUT2D eigenvalue weighted by molar-refractivity contribution is -0.133. The Morgan fingerprint density at radius 1 is 0.950 bits per heavy atom. The summed E-state index contributed by atoms with van der Waals surface area (Å²) >= 11 is 1.70. The summed E-state index contributed by atoms with van der Waals surface area (Å²) in [6.07, 6.45) is 2.05. The van der Waals surface area contributed by atoms with Crippen molar-refractivity contribution in [2.45, 2.75) is 39.8 Å². The minimum absolute atomic E-state index is 0.0229. The lowest BCUT2D eigenvalue weighted by Gasteiger charge is -2.31. The number of nitrogens with zero attached hydrogens (tertiary/aromatic N) is 3. The Morgan fingerprint density at radius 2 is 1.70 bits per heavy atom. The van der Waals surface area contributed by atoms with Crippen LogP contribution in [0.4, 0.5) is 0 Å². The fraction of sp³-hybridized carbons (Fsp3) is 0.438. The first-order chi connectivity index (χ1) is 19.5. The molecule has 4 rings (SSSR count). The number of aryl methyl sites for hydroxylation is 1. The van der Waals surface area contributed by atoms with Crippen LogP contribution in [-0.4, -0.2) is 79.1 Å². The maximum atomic E-state index is 13.8. The SMILES string of the molecule is CCCCOc1ccc(C(=O)N(CCN2CCOCC2)CC(=O)N(Cc2ccccc2)Cc2ccc(C)s2)cc1. The van der Waals surface area contributed by atoms with Gasteiger partial charge in [0.1, 0.15) is 12.3 Å². The molecule has 40 heavy (non-hydrogen) atoms. The number of carbonyl (C=O) groups is 2. The number of amides is 2. The molecule has 2 heterocycles. The third-order valence-electron chi connectivity index (χ3n) is 6.98. The van der Waals surface area contributed by atoms with E-state index in [0.717, 1.165) is 42.1 Å². The number of hydrogen-bond acceptors (Lipinski definition) is 6. The van der Waals surface area contributed by atoms with Gasteiger partial charge in [-0.3, -0.25) is 14.5 Å². The van der Waals surface area contributed by atoms with Crippen LogP contribution in [0.3, 0.4) is 0 Å². The van der Waals surface area contributed by atoms with E-state index in [9.17, 15) is 9.59 Å². The van der Waals surface area contributed by atoms with Crippen molar-refractivity contribution < 1.29 is 19.1 Å². The normalized spacial score (nSPS) is 13.7. The number of ether oxygens (including phenoxy) is 2. The molecule has 0 atom stereocenters. The van der Waals surface area contributed by atoms with Crippen LogP contribution >= 0.6 is 11.3 Å². The number of carbonyl (C=O) groups excluding carboxylic acids is 2. The Morgan fingerprint density at radius 3 is 2.38 bits per heavy atom. The Hall–Kier alpha value is -3.20. The van der Waals surface area contributed by atoms with Gasteiger partial charge in [0.2, 0.25) is 5.91 Å². The molecule has 1 aromatic heterocycles. The number of thiophene rings is 1. The van der Waals surface area contributed by atoms with E-state index < -0.39 is 0 Å². The molecular formula is C32H41N3O4S. The van der Waals surface area contributed by atoms with Crippen molar-refractivity contribution in [1.29, 1.82) is 0 Å². The van der Waals surface area contributed by atoms with Crippen LogP contribution < -0.4 is 4.74 Å². The third kappa shape index (κ3) is 9.18. The van der Waals surface area contributed by atoms with Gasteiger partial charge in [0.15, 0.2) is 0 Å². The van der Waals surface area contributed by atoms with E-state index in [-0.39, 0.29) is 18.4 Å². The molecule has 214 valence electrons. The molecule has 1 aliphatic rings. The summed E-state index contributed by atoms with van der Waals surface area (Å²) < 4.78 is 11.3. The first-order valence-corrected chi connectivity index (χ1v) is 15.0. The van der Waals surface area contributed by atoms with Gasteiger partial charge in [0, 0.05) is 48.0 Å². The Kier molecular flexibility index (Phi) is 11.6. The lowest BCUT2D eigenvalue weighted by Crippen LogP contribution is -2.47. The van der Waals surface area contributed by atoms with Gasteiger partial charge in [-0.1, -0.05) is 43.7 Å². The number of hydrogen-bond donors (Lipinski definition) is 0. The molecule has 0 N–H and O–H groups in total. The molecule has 0 aliphatic carbocycles. The largest absolute Gasteiger partial charge is 0.494 e. The van der Waals surface area contributed by atoms with Gasteiger partial charge in [-0.15, -0.1) is 11.3 Å². The molecule has 3 aromatic rings. The van der Waals surface area contributed by atoms with E-state index in [1.165, 1.54) is 4.88 Å². The molecule has 1 fully saturated rings. The Bertz CT molecular complexity index is 1190. The van der Waals surface area contributed by atoms with Crippen molar-refractivity contribution >= 4 is 23.2 Å². The molecule has 7 nitrogen and oxygen atoms in total. The van der Waals surface area contributed by atoms with E-state index in [1.54, 1.807) is 28.4 Å². The second-order valence-electron chi connectivity index (χ2n) is 10.2. The van der Waals surface area contributed by atoms with Crippen LogP contribution in [-0.2, 0) is 22.6 Å². The molecule has 2 aromatic carbocycles. The van der Waals surface area contributed by atoms with E-state index in [2.05, 4.69) is 30.9 Å². The summed E-state index contributed by atoms with van der Waals surface area (Å²) in [4.78, 5) is 35.8. The lowest BCUT2D eigenvalue weighted by atomic mass is 10.1. The number of unbranched alkanes of at least 4 members (excludes halogenated alkanes) is 1. The fourth-order valence-electron chi connectivity index (χ4n) is 4.61. The topological polar surface area (TPSA) is 62.3 Å². The predicted molar refractivity (Wildman–Crippen MR) is 160 cm³/mol. The van der Waals surface area contributed by atoms with Crippen molar-refractivity contribution in [2.75, 3.05) is 52.5 Å². The maximum absolute atomic E-state index is 13.8. The van der Waals surface area contributed by atoms with Gasteiger partial charge >= 0.3 is 0 Å². The van der Waals surface area contributed by atoms with Crippen LogP contribution in [0.5, 0.6) is 5.75 Å². The first-order valence-electron chi connectivity index (χ1n) is 14.2. The molecule has 0 spiro atoms. The standard InChI is InChI=1S/C32H41N3O4S/c1-3-4-20-39-29-13-11-28(12-14-29)32(37)34(17-16-33-18-21-38-22-19-33)25-31(36)35(23-27-8-6-5-7-9-27)24-30-15-10-26(2)40-30/h5-15H,3-4,16-25H2,1-2H3. The zero-order valence-electron chi connectivity index (χ0n) is 23.7. The van der Waals surface area contributed by atoms with Crippen LogP contribution in [0.1, 0.15) is 45.4 Å². The predicted octanol–water partition coefficient (Wildman–Crippen LogP) is 5.24. The van der Waals surface area contributed by atoms with Crippen LogP contribution in [0.25, 0.3) is 0 Å². The van der Waals surface area contributed by atoms with Crippen molar-refractivity contribution in [3.63, 3.8) is 0 Å². The van der Waals surface area contributed by atoms with E-state index in [1.807, 2.05) is 47.4 Å². The average Bonchev–Trinajstić information content (AvgIpc) is 3.40. The van der Waals surface area contributed by atoms with Crippen LogP contribution in [0.15, 0.2) is 66.7 Å². The smallest absolute Gasteiger partial charge is 0.254 e. The van der Waals surface area contributed by atoms with E-state index >= 15 is 0 Å². The summed E-state index contributed by atoms with van der Waals surface area (Å²) in [5.74, 6) is 0.541. The summed E-state index contributed by atoms with van der Waals surface area (Å²) in [5, 5.41) is 0. The van der Waals surface area contributed by atoms with Crippen LogP contribution in [0, 0.1) is 6.92 Å². The van der Waals surface area contributed by atoms with Crippen molar-refractivity contribution in [3.8, 4) is 5.75 Å². The monoisotopic (exact) mass is 563 g/mol. The average molecular weight is 564 g/mol. The van der Waals surface area contributed by atoms with E-state index in [4.69, 9.17) is 9.47 Å². The van der Waals surface area contributed by atoms with Crippen LogP contribution in [0.2, 0.25) is 0 Å². The Labute approximate surface area is 242 Å². The number of benzene rings is 2. The van der Waals surface area contributed by atoms with Gasteiger partial charge in [0.05, 0.1) is 26.4 Å². The fourth-order valence-corrected chi connectivity index (χ4v) is 5.51. The number of rotatable bonds is 14.